The normalized spacial score (nSPS) is 16.4. The summed E-state index contributed by atoms with van der Waals surface area (Å²) >= 11 is 0. The van der Waals surface area contributed by atoms with E-state index in [4.69, 9.17) is 10.2 Å². The third kappa shape index (κ3) is 13.4. The summed E-state index contributed by atoms with van der Waals surface area (Å²) in [7, 11) is 4.22. The Morgan fingerprint density at radius 2 is 0.475 bits per heavy atom. The van der Waals surface area contributed by atoms with Gasteiger partial charge in [-0.25, -0.2) is 0 Å². The molecule has 624 valence electrons. The largest absolute Gasteiger partial charge is 0.581 e. The zero-order valence-corrected chi connectivity index (χ0v) is 79.8. The molecular formula is C110H118N8Pt2-6. The Bertz CT molecular complexity index is 5420. The van der Waals surface area contributed by atoms with Crippen molar-refractivity contribution in [1.82, 2.24) is 40.0 Å². The molecular weight excluding hydrogens is 1820 g/mol. The fraction of sp³-hybridized carbons (Fsp3) is 0.345. The molecule has 8 nitrogen and oxygen atoms in total. The molecule has 0 amide bonds. The van der Waals surface area contributed by atoms with Gasteiger partial charge in [-0.05, 0) is 216 Å². The van der Waals surface area contributed by atoms with Crippen LogP contribution in [0, 0.1) is 25.5 Å². The predicted molar refractivity (Wildman–Crippen MR) is 487 cm³/mol. The van der Waals surface area contributed by atoms with E-state index in [2.05, 4.69) is 454 Å². The zero-order chi connectivity index (χ0) is 84.2. The monoisotopic (exact) mass is 1940 g/mol. The number of nitrogens with zero attached hydrogens (tertiary/aromatic N) is 8. The molecule has 0 spiro atoms. The summed E-state index contributed by atoms with van der Waals surface area (Å²) in [5.41, 5.74) is 33.8. The Morgan fingerprint density at radius 1 is 0.267 bits per heavy atom. The second-order valence-corrected chi connectivity index (χ2v) is 42.8. The fourth-order valence-electron chi connectivity index (χ4n) is 19.8. The van der Waals surface area contributed by atoms with Crippen molar-refractivity contribution in [2.75, 3.05) is 14.1 Å². The molecule has 0 atom stereocenters. The van der Waals surface area contributed by atoms with E-state index in [0.29, 0.717) is 0 Å². The van der Waals surface area contributed by atoms with Crippen LogP contribution in [-0.2, 0) is 107 Å². The molecule has 4 aliphatic carbocycles. The Labute approximate surface area is 745 Å². The Kier molecular flexibility index (Phi) is 20.8. The van der Waals surface area contributed by atoms with Gasteiger partial charge in [-0.3, -0.25) is 0 Å². The first-order chi connectivity index (χ1) is 55.3. The number of hydrogen-bond acceptors (Lipinski definition) is 6. The number of aromatic nitrogens is 4. The maximum atomic E-state index is 4.95. The van der Waals surface area contributed by atoms with Crippen LogP contribution in [0.25, 0.3) is 44.5 Å². The SMILES string of the molecule is CN1C=CN(C2(c3[c-]c(C4(c5cc[n-]n5)c5ccc(C(C)(C)C)cc5-c5cc(C(C)(C)C)ccc54)ccc3)c3ccc(C(C)(C)C)cc3-c3cc(C(C)(C)C)ccc32)[CH-]1.CN1C=CN(C2(c3[c-]c(C4(c5cc[n-]n5)c5ccc(C(C)(C)C)cc5-c5cc(C(C)(C)C)ccc54)ccc3)c3ccc(C(C)(C)C)cc3-c3cc(C(C)(C)C)ccc32)[CH-]1.[Pt].[Pt]. The van der Waals surface area contributed by atoms with Gasteiger partial charge in [0.25, 0.3) is 0 Å². The Balaban J connectivity index is 0.000000184. The van der Waals surface area contributed by atoms with Gasteiger partial charge in [0.1, 0.15) is 0 Å². The standard InChI is InChI=1S/2C55H59N4.2Pt/c2*1-50(2,3)35-17-21-45-41(30-35)42-31-36(51(4,5)6)18-22-46(42)54(45,49-25-26-56-57-49)39-15-14-16-40(29-39)55(59-28-27-58(13)34-59)47-23-19-37(52(7,8)9)32-43(47)44-33-38(53(10,11)12)20-24-48(44)55;;/h2*14-28,30-34H,1-13H3;;/q2*-3;;. The van der Waals surface area contributed by atoms with Crippen LogP contribution in [0.15, 0.2) is 231 Å². The van der Waals surface area contributed by atoms with E-state index in [1.165, 1.54) is 134 Å². The van der Waals surface area contributed by atoms with Crippen LogP contribution in [0.5, 0.6) is 0 Å². The van der Waals surface area contributed by atoms with E-state index >= 15 is 0 Å². The van der Waals surface area contributed by atoms with Crippen LogP contribution in [0.1, 0.15) is 289 Å². The maximum absolute atomic E-state index is 4.95. The van der Waals surface area contributed by atoms with Gasteiger partial charge in [0.05, 0.1) is 21.9 Å². The molecule has 18 rings (SSSR count). The smallest absolute Gasteiger partial charge is 0.0686 e. The summed E-state index contributed by atoms with van der Waals surface area (Å²) in [6, 6.07) is 83.7. The first-order valence-electron chi connectivity index (χ1n) is 42.6. The summed E-state index contributed by atoms with van der Waals surface area (Å²) < 4.78 is 0. The van der Waals surface area contributed by atoms with Crippen molar-refractivity contribution in [3.8, 4) is 44.5 Å². The minimum atomic E-state index is -0.747. The van der Waals surface area contributed by atoms with Crippen LogP contribution in [0.2, 0.25) is 0 Å². The van der Waals surface area contributed by atoms with Gasteiger partial charge in [0, 0.05) is 53.5 Å². The molecule has 120 heavy (non-hydrogen) atoms. The van der Waals surface area contributed by atoms with E-state index in [1.54, 1.807) is 0 Å². The number of hydrogen-bond donors (Lipinski definition) is 0. The van der Waals surface area contributed by atoms with Crippen LogP contribution in [-0.4, -0.2) is 43.9 Å². The second-order valence-electron chi connectivity index (χ2n) is 42.8. The Morgan fingerprint density at radius 3 is 0.667 bits per heavy atom. The third-order valence-corrected chi connectivity index (χ3v) is 26.6. The van der Waals surface area contributed by atoms with E-state index in [9.17, 15) is 0 Å². The van der Waals surface area contributed by atoms with Gasteiger partial charge in [0.2, 0.25) is 0 Å². The molecule has 0 saturated heterocycles. The molecule has 0 unspecified atom stereocenters. The molecule has 6 aliphatic rings. The van der Waals surface area contributed by atoms with Crippen LogP contribution >= 0.6 is 0 Å². The van der Waals surface area contributed by atoms with Gasteiger partial charge in [-0.2, -0.15) is 74.3 Å². The molecule has 10 heteroatoms. The molecule has 2 aliphatic heterocycles. The predicted octanol–water partition coefficient (Wildman–Crippen LogP) is 25.0. The first kappa shape index (κ1) is 85.6. The number of fused-ring (bicyclic) bond motifs is 12. The van der Waals surface area contributed by atoms with Crippen molar-refractivity contribution in [3.63, 3.8) is 0 Å². The Hall–Kier alpha value is -9.32. The third-order valence-electron chi connectivity index (χ3n) is 26.6. The van der Waals surface area contributed by atoms with Crippen molar-refractivity contribution >= 4 is 0 Å². The quantitative estimate of drug-likeness (QED) is 0.139. The van der Waals surface area contributed by atoms with Crippen molar-refractivity contribution < 1.29 is 42.1 Å². The number of benzene rings is 10. The fourth-order valence-corrected chi connectivity index (χ4v) is 19.8. The molecule has 0 bridgehead atoms. The van der Waals surface area contributed by atoms with Crippen LogP contribution in [0.4, 0.5) is 0 Å². The summed E-state index contributed by atoms with van der Waals surface area (Å²) in [5, 5.41) is 18.9. The van der Waals surface area contributed by atoms with E-state index in [-0.39, 0.29) is 85.5 Å². The zero-order valence-electron chi connectivity index (χ0n) is 75.3. The van der Waals surface area contributed by atoms with Gasteiger partial charge in [-0.1, -0.05) is 324 Å². The minimum Gasteiger partial charge on any atom is -0.581 e. The second kappa shape index (κ2) is 29.2. The molecule has 4 heterocycles. The first-order valence-corrected chi connectivity index (χ1v) is 42.6. The van der Waals surface area contributed by atoms with Gasteiger partial charge >= 0.3 is 0 Å². The average molecular weight is 1940 g/mol. The number of rotatable bonds is 8. The van der Waals surface area contributed by atoms with Crippen molar-refractivity contribution in [1.29, 1.82) is 0 Å². The van der Waals surface area contributed by atoms with E-state index in [1.807, 2.05) is 12.4 Å². The molecule has 2 aromatic heterocycles. The summed E-state index contributed by atoms with van der Waals surface area (Å²) in [6.07, 6.45) is 12.5. The van der Waals surface area contributed by atoms with E-state index in [0.717, 1.165) is 33.6 Å². The molecule has 12 aromatic rings. The summed E-state index contributed by atoms with van der Waals surface area (Å²) in [6.45, 7) is 59.8. The van der Waals surface area contributed by atoms with Crippen LogP contribution < -0.4 is 10.2 Å². The van der Waals surface area contributed by atoms with Gasteiger partial charge in [0.15, 0.2) is 0 Å². The molecule has 0 saturated carbocycles. The van der Waals surface area contributed by atoms with Crippen LogP contribution in [0.3, 0.4) is 0 Å². The topological polar surface area (TPSA) is 66.9 Å². The van der Waals surface area contributed by atoms with E-state index < -0.39 is 21.9 Å². The maximum Gasteiger partial charge on any atom is 0.0686 e. The minimum absolute atomic E-state index is 0. The average Bonchev–Trinajstić information content (AvgIpc) is 1.52. The van der Waals surface area contributed by atoms with Gasteiger partial charge in [-0.15, -0.1) is 22.3 Å². The summed E-state index contributed by atoms with van der Waals surface area (Å²) in [5.74, 6) is 0. The molecule has 0 radical (unpaired) electrons. The summed E-state index contributed by atoms with van der Waals surface area (Å²) in [4.78, 5) is 9.13. The van der Waals surface area contributed by atoms with Crippen molar-refractivity contribution in [2.24, 2.45) is 0 Å². The van der Waals surface area contributed by atoms with Gasteiger partial charge < -0.3 is 40.0 Å². The van der Waals surface area contributed by atoms with Crippen molar-refractivity contribution in [3.05, 3.63) is 379 Å². The molecule has 0 N–H and O–H groups in total. The van der Waals surface area contributed by atoms with Crippen molar-refractivity contribution in [2.45, 2.75) is 231 Å². The molecule has 10 aromatic carbocycles. The molecule has 0 fully saturated rings.